The zero-order chi connectivity index (χ0) is 9.14. The first-order valence-corrected chi connectivity index (χ1v) is 4.06. The van der Waals surface area contributed by atoms with Gasteiger partial charge in [0.05, 0.1) is 5.92 Å². The SMILES string of the molecule is O=C([O-])C1CCCCC1C(=O)O.[Na+]. The summed E-state index contributed by atoms with van der Waals surface area (Å²) in [6.07, 6.45) is 2.51. The molecule has 0 aromatic carbocycles. The van der Waals surface area contributed by atoms with Crippen molar-refractivity contribution >= 4 is 11.9 Å². The quantitative estimate of drug-likeness (QED) is 0.465. The Morgan fingerprint density at radius 2 is 1.62 bits per heavy atom. The van der Waals surface area contributed by atoms with Crippen molar-refractivity contribution in [2.75, 3.05) is 0 Å². The number of aliphatic carboxylic acids is 2. The molecule has 0 aromatic heterocycles. The first kappa shape index (κ1) is 12.9. The summed E-state index contributed by atoms with van der Waals surface area (Å²) in [5.41, 5.74) is 0. The molecule has 0 bridgehead atoms. The molecule has 4 nitrogen and oxygen atoms in total. The van der Waals surface area contributed by atoms with Gasteiger partial charge in [0.15, 0.2) is 0 Å². The van der Waals surface area contributed by atoms with E-state index < -0.39 is 23.8 Å². The Balaban J connectivity index is 0.00000144. The van der Waals surface area contributed by atoms with Crippen molar-refractivity contribution in [1.82, 2.24) is 0 Å². The van der Waals surface area contributed by atoms with E-state index >= 15 is 0 Å². The maximum absolute atomic E-state index is 10.6. The molecular weight excluding hydrogens is 183 g/mol. The van der Waals surface area contributed by atoms with E-state index in [9.17, 15) is 14.7 Å². The van der Waals surface area contributed by atoms with E-state index in [0.29, 0.717) is 12.8 Å². The Hall–Kier alpha value is -0.0600. The van der Waals surface area contributed by atoms with Crippen LogP contribution < -0.4 is 34.7 Å². The molecule has 1 saturated carbocycles. The molecule has 1 aliphatic rings. The maximum atomic E-state index is 10.6. The number of rotatable bonds is 2. The van der Waals surface area contributed by atoms with Gasteiger partial charge in [-0.3, -0.25) is 4.79 Å². The Morgan fingerprint density at radius 3 is 1.92 bits per heavy atom. The number of hydrogen-bond acceptors (Lipinski definition) is 3. The Morgan fingerprint density at radius 1 is 1.15 bits per heavy atom. The van der Waals surface area contributed by atoms with Crippen LogP contribution in [0.4, 0.5) is 0 Å². The van der Waals surface area contributed by atoms with Gasteiger partial charge in [0.25, 0.3) is 0 Å². The van der Waals surface area contributed by atoms with Crippen LogP contribution in [0, 0.1) is 11.8 Å². The standard InChI is InChI=1S/C8H12O4.Na/c9-7(10)5-3-1-2-4-6(5)8(11)12;/h5-6H,1-4H2,(H,9,10)(H,11,12);/q;+1/p-1. The van der Waals surface area contributed by atoms with Crippen LogP contribution in [-0.4, -0.2) is 17.0 Å². The van der Waals surface area contributed by atoms with Gasteiger partial charge in [0, 0.05) is 11.9 Å². The molecule has 1 rings (SSSR count). The number of hydrogen-bond donors (Lipinski definition) is 1. The molecule has 2 atom stereocenters. The van der Waals surface area contributed by atoms with Crippen molar-refractivity contribution in [3.63, 3.8) is 0 Å². The monoisotopic (exact) mass is 194 g/mol. The first-order chi connectivity index (χ1) is 5.63. The van der Waals surface area contributed by atoms with Crippen molar-refractivity contribution in [3.05, 3.63) is 0 Å². The van der Waals surface area contributed by atoms with Gasteiger partial charge in [0.1, 0.15) is 0 Å². The van der Waals surface area contributed by atoms with Gasteiger partial charge in [-0.1, -0.05) is 12.8 Å². The van der Waals surface area contributed by atoms with Gasteiger partial charge in [-0.25, -0.2) is 0 Å². The van der Waals surface area contributed by atoms with Gasteiger partial charge in [0.2, 0.25) is 0 Å². The normalized spacial score (nSPS) is 27.4. The smallest absolute Gasteiger partial charge is 0.550 e. The molecule has 0 aromatic rings. The molecule has 0 heterocycles. The van der Waals surface area contributed by atoms with Crippen LogP contribution in [-0.2, 0) is 9.59 Å². The average Bonchev–Trinajstić information content (AvgIpc) is 2.04. The minimum atomic E-state index is -1.22. The first-order valence-electron chi connectivity index (χ1n) is 4.06. The van der Waals surface area contributed by atoms with Gasteiger partial charge in [-0.2, -0.15) is 0 Å². The van der Waals surface area contributed by atoms with Crippen molar-refractivity contribution in [1.29, 1.82) is 0 Å². The molecule has 68 valence electrons. The van der Waals surface area contributed by atoms with Crippen molar-refractivity contribution < 1.29 is 49.4 Å². The van der Waals surface area contributed by atoms with Crippen LogP contribution >= 0.6 is 0 Å². The number of carbonyl (C=O) groups excluding carboxylic acids is 1. The van der Waals surface area contributed by atoms with E-state index in [1.54, 1.807) is 0 Å². The van der Waals surface area contributed by atoms with Gasteiger partial charge >= 0.3 is 35.5 Å². The van der Waals surface area contributed by atoms with Gasteiger partial charge in [-0.05, 0) is 12.8 Å². The predicted molar refractivity (Wildman–Crippen MR) is 38.1 cm³/mol. The third-order valence-corrected chi connectivity index (χ3v) is 2.39. The van der Waals surface area contributed by atoms with Crippen LogP contribution in [0.15, 0.2) is 0 Å². The Kier molecular flexibility index (Phi) is 5.60. The molecular formula is C8H11NaO4. The Bertz CT molecular complexity index is 182. The van der Waals surface area contributed by atoms with Gasteiger partial charge in [-0.15, -0.1) is 0 Å². The van der Waals surface area contributed by atoms with Crippen molar-refractivity contribution in [2.45, 2.75) is 25.7 Å². The van der Waals surface area contributed by atoms with Gasteiger partial charge < -0.3 is 15.0 Å². The van der Waals surface area contributed by atoms with E-state index in [0.717, 1.165) is 12.8 Å². The van der Waals surface area contributed by atoms with Crippen LogP contribution in [0.2, 0.25) is 0 Å². The van der Waals surface area contributed by atoms with Crippen LogP contribution in [0.5, 0.6) is 0 Å². The second-order valence-electron chi connectivity index (χ2n) is 3.15. The fourth-order valence-electron chi connectivity index (χ4n) is 1.71. The number of carboxylic acid groups (broad SMARTS) is 2. The molecule has 1 aliphatic carbocycles. The molecule has 2 unspecified atom stereocenters. The van der Waals surface area contributed by atoms with E-state index in [1.807, 2.05) is 0 Å². The van der Waals surface area contributed by atoms with E-state index in [1.165, 1.54) is 0 Å². The zero-order valence-electron chi connectivity index (χ0n) is 7.66. The van der Waals surface area contributed by atoms with Crippen molar-refractivity contribution in [2.24, 2.45) is 11.8 Å². The average molecular weight is 194 g/mol. The fourth-order valence-corrected chi connectivity index (χ4v) is 1.71. The van der Waals surface area contributed by atoms with E-state index in [-0.39, 0.29) is 29.6 Å². The third kappa shape index (κ3) is 3.29. The van der Waals surface area contributed by atoms with Crippen LogP contribution in [0.3, 0.4) is 0 Å². The molecule has 13 heavy (non-hydrogen) atoms. The molecule has 1 fully saturated rings. The fraction of sp³-hybridized carbons (Fsp3) is 0.750. The molecule has 0 radical (unpaired) electrons. The summed E-state index contributed by atoms with van der Waals surface area (Å²) in [6, 6.07) is 0. The molecule has 0 aliphatic heterocycles. The minimum Gasteiger partial charge on any atom is -0.550 e. The maximum Gasteiger partial charge on any atom is 1.00 e. The summed E-state index contributed by atoms with van der Waals surface area (Å²) in [7, 11) is 0. The summed E-state index contributed by atoms with van der Waals surface area (Å²) in [5, 5.41) is 19.2. The summed E-state index contributed by atoms with van der Waals surface area (Å²) in [4.78, 5) is 21.1. The largest absolute Gasteiger partial charge is 1.00 e. The van der Waals surface area contributed by atoms with Crippen LogP contribution in [0.1, 0.15) is 25.7 Å². The number of carboxylic acids is 2. The summed E-state index contributed by atoms with van der Waals surface area (Å²) in [6.45, 7) is 0. The topological polar surface area (TPSA) is 77.4 Å². The number of carbonyl (C=O) groups is 2. The zero-order valence-corrected chi connectivity index (χ0v) is 9.66. The second kappa shape index (κ2) is 5.62. The Labute approximate surface area is 98.6 Å². The molecule has 5 heteroatoms. The molecule has 0 spiro atoms. The minimum absolute atomic E-state index is 0. The summed E-state index contributed by atoms with van der Waals surface area (Å²) < 4.78 is 0. The molecule has 1 N–H and O–H groups in total. The second-order valence-corrected chi connectivity index (χ2v) is 3.15. The van der Waals surface area contributed by atoms with E-state index in [2.05, 4.69) is 0 Å². The summed E-state index contributed by atoms with van der Waals surface area (Å²) in [5.74, 6) is -3.74. The van der Waals surface area contributed by atoms with Crippen molar-refractivity contribution in [3.8, 4) is 0 Å². The summed E-state index contributed by atoms with van der Waals surface area (Å²) >= 11 is 0. The molecule has 0 amide bonds. The predicted octanol–water partition coefficient (Wildman–Crippen LogP) is -3.37. The van der Waals surface area contributed by atoms with Crippen LogP contribution in [0.25, 0.3) is 0 Å². The third-order valence-electron chi connectivity index (χ3n) is 2.39. The molecule has 0 saturated heterocycles. The van der Waals surface area contributed by atoms with E-state index in [4.69, 9.17) is 5.11 Å².